The van der Waals surface area contributed by atoms with E-state index >= 15 is 0 Å². The zero-order chi connectivity index (χ0) is 13.2. The Morgan fingerprint density at radius 3 is 2.61 bits per heavy atom. The Balaban J connectivity index is 1.84. The molecule has 1 aromatic heterocycles. The maximum Gasteiger partial charge on any atom is 0.0981 e. The molecule has 0 spiro atoms. The minimum Gasteiger partial charge on any atom is -0.309 e. The molecule has 1 N–H and O–H groups in total. The van der Waals surface area contributed by atoms with Crippen LogP contribution in [0.4, 0.5) is 0 Å². The van der Waals surface area contributed by atoms with E-state index in [0.717, 1.165) is 12.5 Å². The summed E-state index contributed by atoms with van der Waals surface area (Å²) >= 11 is 1.85. The number of thiazole rings is 1. The van der Waals surface area contributed by atoms with Gasteiger partial charge < -0.3 is 5.32 Å². The molecular weight excluding hydrogens is 240 g/mol. The van der Waals surface area contributed by atoms with Crippen molar-refractivity contribution in [3.63, 3.8) is 0 Å². The lowest BCUT2D eigenvalue weighted by Gasteiger charge is -2.19. The maximum atomic E-state index is 4.54. The summed E-state index contributed by atoms with van der Waals surface area (Å²) in [4.78, 5) is 5.91. The molecule has 1 fully saturated rings. The molecule has 0 bridgehead atoms. The van der Waals surface area contributed by atoms with Gasteiger partial charge in [0.2, 0.25) is 0 Å². The molecule has 2 rings (SSSR count). The van der Waals surface area contributed by atoms with Gasteiger partial charge in [0.15, 0.2) is 0 Å². The Morgan fingerprint density at radius 2 is 2.06 bits per heavy atom. The predicted octanol–water partition coefficient (Wildman–Crippen LogP) is 4.11. The summed E-state index contributed by atoms with van der Waals surface area (Å²) in [6.07, 6.45) is 7.70. The van der Waals surface area contributed by atoms with E-state index in [9.17, 15) is 0 Å². The van der Waals surface area contributed by atoms with Crippen molar-refractivity contribution in [2.45, 2.75) is 71.4 Å². The fourth-order valence-electron chi connectivity index (χ4n) is 2.62. The third-order valence-electron chi connectivity index (χ3n) is 3.90. The smallest absolute Gasteiger partial charge is 0.0981 e. The molecule has 1 aromatic rings. The van der Waals surface area contributed by atoms with E-state index in [-0.39, 0.29) is 5.41 Å². The fourth-order valence-corrected chi connectivity index (χ4v) is 3.54. The van der Waals surface area contributed by atoms with Gasteiger partial charge in [0.05, 0.1) is 5.01 Å². The minimum absolute atomic E-state index is 0.181. The SMILES string of the molecule is C[C@@H](NCc1cnc(C(C)(C)C)s1)C1CCCC1. The summed E-state index contributed by atoms with van der Waals surface area (Å²) in [5.41, 5.74) is 0.181. The van der Waals surface area contributed by atoms with Crippen molar-refractivity contribution in [1.29, 1.82) is 0 Å². The van der Waals surface area contributed by atoms with E-state index in [0.29, 0.717) is 6.04 Å². The third-order valence-corrected chi connectivity index (χ3v) is 5.32. The van der Waals surface area contributed by atoms with Crippen molar-refractivity contribution in [1.82, 2.24) is 10.3 Å². The summed E-state index contributed by atoms with van der Waals surface area (Å²) in [6.45, 7) is 9.99. The first-order chi connectivity index (χ1) is 8.47. The lowest BCUT2D eigenvalue weighted by atomic mass is 9.98. The molecule has 2 nitrogen and oxygen atoms in total. The van der Waals surface area contributed by atoms with Crippen molar-refractivity contribution in [3.8, 4) is 0 Å². The normalized spacial score (nSPS) is 19.3. The Labute approximate surface area is 115 Å². The van der Waals surface area contributed by atoms with E-state index in [1.165, 1.54) is 35.6 Å². The highest BCUT2D eigenvalue weighted by Gasteiger charge is 2.22. The molecule has 102 valence electrons. The summed E-state index contributed by atoms with van der Waals surface area (Å²) in [7, 11) is 0. The summed E-state index contributed by atoms with van der Waals surface area (Å²) in [5.74, 6) is 0.889. The van der Waals surface area contributed by atoms with Gasteiger partial charge in [-0.2, -0.15) is 0 Å². The van der Waals surface area contributed by atoms with Crippen LogP contribution in [0.25, 0.3) is 0 Å². The standard InChI is InChI=1S/C15H26N2S/c1-11(12-7-5-6-8-12)16-9-13-10-17-14(18-13)15(2,3)4/h10-12,16H,5-9H2,1-4H3/t11-/m1/s1. The molecule has 0 aromatic carbocycles. The monoisotopic (exact) mass is 266 g/mol. The van der Waals surface area contributed by atoms with E-state index in [1.54, 1.807) is 0 Å². The first kappa shape index (κ1) is 14.0. The maximum absolute atomic E-state index is 4.54. The molecule has 1 aliphatic rings. The molecule has 0 unspecified atom stereocenters. The molecule has 0 saturated heterocycles. The number of hydrogen-bond donors (Lipinski definition) is 1. The first-order valence-corrected chi connectivity index (χ1v) is 7.97. The molecule has 0 radical (unpaired) electrons. The number of nitrogens with zero attached hydrogens (tertiary/aromatic N) is 1. The van der Waals surface area contributed by atoms with Crippen LogP contribution in [0, 0.1) is 5.92 Å². The fraction of sp³-hybridized carbons (Fsp3) is 0.800. The van der Waals surface area contributed by atoms with Gasteiger partial charge in [0.25, 0.3) is 0 Å². The van der Waals surface area contributed by atoms with Crippen molar-refractivity contribution in [3.05, 3.63) is 16.1 Å². The van der Waals surface area contributed by atoms with E-state index in [4.69, 9.17) is 0 Å². The Kier molecular flexibility index (Phi) is 4.44. The van der Waals surface area contributed by atoms with E-state index in [1.807, 2.05) is 17.5 Å². The van der Waals surface area contributed by atoms with Crippen LogP contribution in [-0.2, 0) is 12.0 Å². The Morgan fingerprint density at radius 1 is 1.39 bits per heavy atom. The van der Waals surface area contributed by atoms with Crippen LogP contribution < -0.4 is 5.32 Å². The predicted molar refractivity (Wildman–Crippen MR) is 79.1 cm³/mol. The van der Waals surface area contributed by atoms with Gasteiger partial charge in [-0.15, -0.1) is 11.3 Å². The van der Waals surface area contributed by atoms with Gasteiger partial charge in [-0.25, -0.2) is 4.98 Å². The van der Waals surface area contributed by atoms with Gasteiger partial charge in [-0.1, -0.05) is 33.6 Å². The lowest BCUT2D eigenvalue weighted by Crippen LogP contribution is -2.31. The molecule has 1 atom stereocenters. The van der Waals surface area contributed by atoms with Gasteiger partial charge in [0, 0.05) is 29.1 Å². The van der Waals surface area contributed by atoms with Gasteiger partial charge in [-0.3, -0.25) is 0 Å². The van der Waals surface area contributed by atoms with Crippen LogP contribution >= 0.6 is 11.3 Å². The first-order valence-electron chi connectivity index (χ1n) is 7.15. The zero-order valence-corrected chi connectivity index (χ0v) is 12.9. The molecule has 0 aliphatic heterocycles. The van der Waals surface area contributed by atoms with Gasteiger partial charge in [0.1, 0.15) is 0 Å². The van der Waals surface area contributed by atoms with Crippen molar-refractivity contribution in [2.24, 2.45) is 5.92 Å². The molecule has 3 heteroatoms. The lowest BCUT2D eigenvalue weighted by molar-refractivity contribution is 0.381. The van der Waals surface area contributed by atoms with Gasteiger partial charge >= 0.3 is 0 Å². The summed E-state index contributed by atoms with van der Waals surface area (Å²) in [6, 6.07) is 0.646. The van der Waals surface area contributed by atoms with Crippen LogP contribution in [0.1, 0.15) is 63.3 Å². The summed E-state index contributed by atoms with van der Waals surface area (Å²) in [5, 5.41) is 4.92. The molecule has 1 heterocycles. The highest BCUT2D eigenvalue weighted by atomic mass is 32.1. The Bertz CT molecular complexity index is 372. The topological polar surface area (TPSA) is 24.9 Å². The highest BCUT2D eigenvalue weighted by Crippen LogP contribution is 2.29. The number of aromatic nitrogens is 1. The zero-order valence-electron chi connectivity index (χ0n) is 12.1. The number of rotatable bonds is 4. The average Bonchev–Trinajstić information content (AvgIpc) is 2.96. The highest BCUT2D eigenvalue weighted by molar-refractivity contribution is 7.11. The van der Waals surface area contributed by atoms with E-state index < -0.39 is 0 Å². The second-order valence-corrected chi connectivity index (χ2v) is 7.71. The van der Waals surface area contributed by atoms with Crippen LogP contribution in [0.5, 0.6) is 0 Å². The quantitative estimate of drug-likeness (QED) is 0.887. The molecule has 1 saturated carbocycles. The second kappa shape index (κ2) is 5.70. The van der Waals surface area contributed by atoms with Crippen LogP contribution in [-0.4, -0.2) is 11.0 Å². The minimum atomic E-state index is 0.181. The second-order valence-electron chi connectivity index (χ2n) is 6.60. The van der Waals surface area contributed by atoms with Gasteiger partial charge in [-0.05, 0) is 25.7 Å². The number of hydrogen-bond acceptors (Lipinski definition) is 3. The average molecular weight is 266 g/mol. The van der Waals surface area contributed by atoms with Crippen LogP contribution in [0.2, 0.25) is 0 Å². The summed E-state index contributed by atoms with van der Waals surface area (Å²) < 4.78 is 0. The molecule has 0 amide bonds. The Hall–Kier alpha value is -0.410. The number of nitrogens with one attached hydrogen (secondary N) is 1. The largest absolute Gasteiger partial charge is 0.309 e. The molecule has 1 aliphatic carbocycles. The van der Waals surface area contributed by atoms with Crippen molar-refractivity contribution >= 4 is 11.3 Å². The van der Waals surface area contributed by atoms with E-state index in [2.05, 4.69) is 38.0 Å². The third kappa shape index (κ3) is 3.55. The van der Waals surface area contributed by atoms with Crippen molar-refractivity contribution < 1.29 is 0 Å². The molecular formula is C15H26N2S. The van der Waals surface area contributed by atoms with Crippen LogP contribution in [0.3, 0.4) is 0 Å². The molecule has 18 heavy (non-hydrogen) atoms. The van der Waals surface area contributed by atoms with Crippen LogP contribution in [0.15, 0.2) is 6.20 Å². The van der Waals surface area contributed by atoms with Crippen molar-refractivity contribution in [2.75, 3.05) is 0 Å².